The summed E-state index contributed by atoms with van der Waals surface area (Å²) in [6.07, 6.45) is 0. The van der Waals surface area contributed by atoms with E-state index in [9.17, 15) is 9.18 Å². The Labute approximate surface area is 98.0 Å². The lowest BCUT2D eigenvalue weighted by Gasteiger charge is -2.00. The van der Waals surface area contributed by atoms with Crippen molar-refractivity contribution in [1.82, 2.24) is 0 Å². The van der Waals surface area contributed by atoms with Crippen LogP contribution in [-0.4, -0.2) is 5.78 Å². The zero-order valence-electron chi connectivity index (χ0n) is 9.37. The fourth-order valence-corrected chi connectivity index (χ4v) is 1.62. The van der Waals surface area contributed by atoms with Gasteiger partial charge in [-0.1, -0.05) is 0 Å². The molecule has 2 N–H and O–H groups in total. The van der Waals surface area contributed by atoms with E-state index in [2.05, 4.69) is 0 Å². The zero-order chi connectivity index (χ0) is 12.4. The fraction of sp³-hybridized carbons (Fsp3) is 0.154. The number of furan rings is 1. The Morgan fingerprint density at radius 2 is 2.12 bits per heavy atom. The fourth-order valence-electron chi connectivity index (χ4n) is 1.62. The Hall–Kier alpha value is -1.94. The first kappa shape index (κ1) is 11.5. The van der Waals surface area contributed by atoms with Gasteiger partial charge in [0, 0.05) is 5.56 Å². The van der Waals surface area contributed by atoms with E-state index in [-0.39, 0.29) is 23.7 Å². The molecular formula is C13H12FNO2. The van der Waals surface area contributed by atoms with Crippen LogP contribution in [0.3, 0.4) is 0 Å². The number of aryl methyl sites for hydroxylation is 1. The Bertz CT molecular complexity index is 540. The number of hydrogen-bond acceptors (Lipinski definition) is 3. The van der Waals surface area contributed by atoms with Crippen LogP contribution in [0.4, 0.5) is 4.39 Å². The summed E-state index contributed by atoms with van der Waals surface area (Å²) in [6.45, 7) is 1.96. The van der Waals surface area contributed by atoms with Gasteiger partial charge in [-0.2, -0.15) is 0 Å². The Kier molecular flexibility index (Phi) is 3.06. The van der Waals surface area contributed by atoms with Crippen LogP contribution in [0.2, 0.25) is 0 Å². The summed E-state index contributed by atoms with van der Waals surface area (Å²) >= 11 is 0. The van der Waals surface area contributed by atoms with E-state index in [0.717, 1.165) is 0 Å². The number of halogens is 1. The highest BCUT2D eigenvalue weighted by atomic mass is 19.1. The van der Waals surface area contributed by atoms with Crippen LogP contribution in [0.15, 0.2) is 34.7 Å². The predicted molar refractivity (Wildman–Crippen MR) is 61.2 cm³/mol. The van der Waals surface area contributed by atoms with Gasteiger partial charge in [0.25, 0.3) is 0 Å². The molecular weight excluding hydrogens is 221 g/mol. The molecule has 0 spiro atoms. The minimum absolute atomic E-state index is 0.176. The van der Waals surface area contributed by atoms with Gasteiger partial charge in [-0.25, -0.2) is 4.39 Å². The van der Waals surface area contributed by atoms with Crippen LogP contribution >= 0.6 is 0 Å². The summed E-state index contributed by atoms with van der Waals surface area (Å²) in [6, 6.07) is 7.37. The number of carbonyl (C=O) groups excluding carboxylic acids is 1. The third-order valence-corrected chi connectivity index (χ3v) is 2.39. The molecule has 17 heavy (non-hydrogen) atoms. The third-order valence-electron chi connectivity index (χ3n) is 2.39. The Morgan fingerprint density at radius 3 is 2.71 bits per heavy atom. The summed E-state index contributed by atoms with van der Waals surface area (Å²) in [5, 5.41) is 0. The molecule has 2 aromatic rings. The number of ketones is 1. The number of carbonyl (C=O) groups is 1. The maximum absolute atomic E-state index is 13.2. The van der Waals surface area contributed by atoms with Crippen molar-refractivity contribution in [1.29, 1.82) is 0 Å². The molecule has 0 atom stereocenters. The summed E-state index contributed by atoms with van der Waals surface area (Å²) < 4.78 is 18.4. The monoisotopic (exact) mass is 233 g/mol. The van der Waals surface area contributed by atoms with E-state index in [4.69, 9.17) is 10.2 Å². The molecule has 0 saturated carbocycles. The molecule has 0 aliphatic carbocycles. The van der Waals surface area contributed by atoms with Gasteiger partial charge < -0.3 is 10.2 Å². The van der Waals surface area contributed by atoms with Gasteiger partial charge in [0.1, 0.15) is 11.6 Å². The van der Waals surface area contributed by atoms with E-state index in [1.54, 1.807) is 25.1 Å². The molecule has 0 saturated heterocycles. The molecule has 0 amide bonds. The average Bonchev–Trinajstić information content (AvgIpc) is 2.75. The van der Waals surface area contributed by atoms with Crippen molar-refractivity contribution < 1.29 is 13.6 Å². The molecule has 0 aliphatic rings. The van der Waals surface area contributed by atoms with Crippen LogP contribution in [0.5, 0.6) is 0 Å². The molecule has 4 heteroatoms. The zero-order valence-corrected chi connectivity index (χ0v) is 9.37. The van der Waals surface area contributed by atoms with Gasteiger partial charge >= 0.3 is 0 Å². The van der Waals surface area contributed by atoms with E-state index < -0.39 is 5.82 Å². The highest BCUT2D eigenvalue weighted by molar-refractivity contribution is 6.07. The second-order valence-corrected chi connectivity index (χ2v) is 3.82. The van der Waals surface area contributed by atoms with Crippen molar-refractivity contribution in [3.63, 3.8) is 0 Å². The van der Waals surface area contributed by atoms with Crippen molar-refractivity contribution in [3.05, 3.63) is 58.8 Å². The van der Waals surface area contributed by atoms with Crippen molar-refractivity contribution in [2.75, 3.05) is 0 Å². The smallest absolute Gasteiger partial charge is 0.228 e. The van der Waals surface area contributed by atoms with Gasteiger partial charge in [0.05, 0.1) is 6.54 Å². The standard InChI is InChI=1S/C13H12FNO2/c1-8-4-9(6-10(14)5-8)13(16)12-3-2-11(7-15)17-12/h2-6H,7,15H2,1H3. The summed E-state index contributed by atoms with van der Waals surface area (Å²) in [5.41, 5.74) is 6.36. The van der Waals surface area contributed by atoms with Gasteiger partial charge in [-0.05, 0) is 42.8 Å². The maximum Gasteiger partial charge on any atom is 0.228 e. The second-order valence-electron chi connectivity index (χ2n) is 3.82. The van der Waals surface area contributed by atoms with Crippen molar-refractivity contribution in [2.45, 2.75) is 13.5 Å². The number of hydrogen-bond donors (Lipinski definition) is 1. The van der Waals surface area contributed by atoms with Crippen molar-refractivity contribution >= 4 is 5.78 Å². The van der Waals surface area contributed by atoms with E-state index >= 15 is 0 Å². The molecule has 0 aliphatic heterocycles. The molecule has 1 aromatic heterocycles. The number of rotatable bonds is 3. The quantitative estimate of drug-likeness (QED) is 0.828. The second kappa shape index (κ2) is 4.51. The summed E-state index contributed by atoms with van der Waals surface area (Å²) in [7, 11) is 0. The topological polar surface area (TPSA) is 56.2 Å². The third kappa shape index (κ3) is 2.42. The van der Waals surface area contributed by atoms with E-state index in [1.807, 2.05) is 0 Å². The first-order valence-electron chi connectivity index (χ1n) is 5.21. The van der Waals surface area contributed by atoms with E-state index in [0.29, 0.717) is 11.3 Å². The van der Waals surface area contributed by atoms with Crippen LogP contribution in [0, 0.1) is 12.7 Å². The van der Waals surface area contributed by atoms with Crippen molar-refractivity contribution in [2.24, 2.45) is 5.73 Å². The number of benzene rings is 1. The van der Waals surface area contributed by atoms with Crippen molar-refractivity contribution in [3.8, 4) is 0 Å². The first-order chi connectivity index (χ1) is 8.10. The lowest BCUT2D eigenvalue weighted by molar-refractivity contribution is 0.101. The number of nitrogens with two attached hydrogens (primary N) is 1. The van der Waals surface area contributed by atoms with Crippen LogP contribution in [0.1, 0.15) is 27.4 Å². The normalized spacial score (nSPS) is 10.5. The predicted octanol–water partition coefficient (Wildman–Crippen LogP) is 2.42. The summed E-state index contributed by atoms with van der Waals surface area (Å²) in [5.74, 6) is -0.0665. The van der Waals surface area contributed by atoms with Crippen LogP contribution < -0.4 is 5.73 Å². The largest absolute Gasteiger partial charge is 0.456 e. The molecule has 88 valence electrons. The van der Waals surface area contributed by atoms with Gasteiger partial charge in [-0.3, -0.25) is 4.79 Å². The van der Waals surface area contributed by atoms with Crippen LogP contribution in [0.25, 0.3) is 0 Å². The highest BCUT2D eigenvalue weighted by Crippen LogP contribution is 2.15. The van der Waals surface area contributed by atoms with Gasteiger partial charge in [-0.15, -0.1) is 0 Å². The molecule has 0 fully saturated rings. The van der Waals surface area contributed by atoms with E-state index in [1.165, 1.54) is 12.1 Å². The first-order valence-corrected chi connectivity index (χ1v) is 5.21. The molecule has 2 rings (SSSR count). The molecule has 0 radical (unpaired) electrons. The molecule has 1 heterocycles. The Morgan fingerprint density at radius 1 is 1.35 bits per heavy atom. The molecule has 1 aromatic carbocycles. The van der Waals surface area contributed by atoms with Gasteiger partial charge in [0.2, 0.25) is 5.78 Å². The SMILES string of the molecule is Cc1cc(F)cc(C(=O)c2ccc(CN)o2)c1. The molecule has 0 unspecified atom stereocenters. The lowest BCUT2D eigenvalue weighted by atomic mass is 10.1. The lowest BCUT2D eigenvalue weighted by Crippen LogP contribution is -2.01. The molecule has 0 bridgehead atoms. The minimum atomic E-state index is -0.432. The van der Waals surface area contributed by atoms with Gasteiger partial charge in [0.15, 0.2) is 5.76 Å². The maximum atomic E-state index is 13.2. The summed E-state index contributed by atoms with van der Waals surface area (Å²) in [4.78, 5) is 12.0. The average molecular weight is 233 g/mol. The van der Waals surface area contributed by atoms with Crippen LogP contribution in [-0.2, 0) is 6.54 Å². The highest BCUT2D eigenvalue weighted by Gasteiger charge is 2.14. The Balaban J connectivity index is 2.36. The minimum Gasteiger partial charge on any atom is -0.456 e. The molecule has 3 nitrogen and oxygen atoms in total.